The molecule has 0 radical (unpaired) electrons. The van der Waals surface area contributed by atoms with Gasteiger partial charge in [-0.15, -0.1) is 5.10 Å². The summed E-state index contributed by atoms with van der Waals surface area (Å²) in [6.07, 6.45) is 6.41. The van der Waals surface area contributed by atoms with E-state index in [2.05, 4.69) is 41.6 Å². The summed E-state index contributed by atoms with van der Waals surface area (Å²) in [6, 6.07) is 0.227. The summed E-state index contributed by atoms with van der Waals surface area (Å²) < 4.78 is 2.00. The van der Waals surface area contributed by atoms with Crippen LogP contribution in [0.15, 0.2) is 0 Å². The van der Waals surface area contributed by atoms with E-state index < -0.39 is 0 Å². The lowest BCUT2D eigenvalue weighted by Gasteiger charge is -2.24. The molecule has 0 saturated heterocycles. The quantitative estimate of drug-likeness (QED) is 0.843. The Hall–Kier alpha value is -0.970. The molecule has 0 bridgehead atoms. The fourth-order valence-corrected chi connectivity index (χ4v) is 2.83. The summed E-state index contributed by atoms with van der Waals surface area (Å²) in [7, 11) is 0. The molecule has 1 N–H and O–H groups in total. The van der Waals surface area contributed by atoms with Crippen LogP contribution >= 0.6 is 0 Å². The van der Waals surface area contributed by atoms with Crippen molar-refractivity contribution in [2.75, 3.05) is 6.54 Å². The minimum absolute atomic E-state index is 0.227. The van der Waals surface area contributed by atoms with Gasteiger partial charge in [0.1, 0.15) is 0 Å². The molecule has 1 heterocycles. The van der Waals surface area contributed by atoms with Gasteiger partial charge in [0.05, 0.1) is 12.6 Å². The number of tetrazole rings is 1. The predicted molar refractivity (Wildman–Crippen MR) is 71.1 cm³/mol. The van der Waals surface area contributed by atoms with Crippen LogP contribution in [0.3, 0.4) is 0 Å². The average Bonchev–Trinajstić information content (AvgIpc) is 2.96. The van der Waals surface area contributed by atoms with Gasteiger partial charge in [0.25, 0.3) is 0 Å². The van der Waals surface area contributed by atoms with Crippen LogP contribution in [-0.2, 0) is 6.54 Å². The molecular weight excluding hydrogens is 226 g/mol. The number of hydrogen-bond donors (Lipinski definition) is 1. The Morgan fingerprint density at radius 1 is 1.39 bits per heavy atom. The monoisotopic (exact) mass is 251 g/mol. The van der Waals surface area contributed by atoms with Crippen LogP contribution in [0, 0.1) is 5.41 Å². The highest BCUT2D eigenvalue weighted by atomic mass is 15.5. The molecule has 5 heteroatoms. The highest BCUT2D eigenvalue weighted by Gasteiger charge is 2.30. The largest absolute Gasteiger partial charge is 0.307 e. The van der Waals surface area contributed by atoms with E-state index in [0.29, 0.717) is 5.41 Å². The van der Waals surface area contributed by atoms with Crippen LogP contribution in [0.5, 0.6) is 0 Å². The van der Waals surface area contributed by atoms with Crippen LogP contribution in [0.2, 0.25) is 0 Å². The van der Waals surface area contributed by atoms with E-state index in [0.717, 1.165) is 25.3 Å². The molecule has 1 atom stereocenters. The van der Waals surface area contributed by atoms with Crippen molar-refractivity contribution in [2.24, 2.45) is 5.41 Å². The first-order chi connectivity index (χ1) is 8.64. The van der Waals surface area contributed by atoms with Gasteiger partial charge >= 0.3 is 0 Å². The Balaban J connectivity index is 2.02. The molecule has 5 nitrogen and oxygen atoms in total. The molecule has 1 aromatic rings. The van der Waals surface area contributed by atoms with Crippen molar-refractivity contribution < 1.29 is 0 Å². The Morgan fingerprint density at radius 3 is 2.78 bits per heavy atom. The average molecular weight is 251 g/mol. The second-order valence-electron chi connectivity index (χ2n) is 5.89. The zero-order chi connectivity index (χ0) is 13.0. The topological polar surface area (TPSA) is 55.6 Å². The molecular formula is C13H25N5. The van der Waals surface area contributed by atoms with Crippen LogP contribution in [0.4, 0.5) is 0 Å². The first-order valence-corrected chi connectivity index (χ1v) is 7.14. The molecule has 1 fully saturated rings. The second kappa shape index (κ2) is 5.78. The maximum atomic E-state index is 4.18. The molecule has 18 heavy (non-hydrogen) atoms. The Bertz CT molecular complexity index is 367. The fourth-order valence-electron chi connectivity index (χ4n) is 2.83. The molecule has 0 aromatic carbocycles. The summed E-state index contributed by atoms with van der Waals surface area (Å²) in [6.45, 7) is 8.62. The zero-order valence-electron chi connectivity index (χ0n) is 11.8. The van der Waals surface area contributed by atoms with Gasteiger partial charge < -0.3 is 5.32 Å². The van der Waals surface area contributed by atoms with Gasteiger partial charge in [0, 0.05) is 0 Å². The van der Waals surface area contributed by atoms with Crippen molar-refractivity contribution in [1.29, 1.82) is 0 Å². The maximum absolute atomic E-state index is 4.18. The molecule has 1 aliphatic carbocycles. The van der Waals surface area contributed by atoms with E-state index in [1.54, 1.807) is 0 Å². The van der Waals surface area contributed by atoms with Crippen molar-refractivity contribution in [3.05, 3.63) is 5.82 Å². The van der Waals surface area contributed by atoms with Gasteiger partial charge in [-0.1, -0.05) is 26.7 Å². The van der Waals surface area contributed by atoms with E-state index in [-0.39, 0.29) is 6.04 Å². The Labute approximate surface area is 109 Å². The molecule has 1 saturated carbocycles. The van der Waals surface area contributed by atoms with Gasteiger partial charge in [0.15, 0.2) is 5.82 Å². The second-order valence-corrected chi connectivity index (χ2v) is 5.89. The third-order valence-corrected chi connectivity index (χ3v) is 3.99. The Kier molecular flexibility index (Phi) is 4.32. The van der Waals surface area contributed by atoms with E-state index in [1.165, 1.54) is 25.7 Å². The van der Waals surface area contributed by atoms with Crippen molar-refractivity contribution in [1.82, 2.24) is 25.5 Å². The molecule has 0 amide bonds. The molecule has 102 valence electrons. The highest BCUT2D eigenvalue weighted by Crippen LogP contribution is 2.38. The van der Waals surface area contributed by atoms with Crippen LogP contribution in [-0.4, -0.2) is 26.8 Å². The van der Waals surface area contributed by atoms with Gasteiger partial charge in [-0.3, -0.25) is 0 Å². The lowest BCUT2D eigenvalue weighted by molar-refractivity contribution is 0.257. The van der Waals surface area contributed by atoms with E-state index in [1.807, 2.05) is 4.68 Å². The van der Waals surface area contributed by atoms with Crippen molar-refractivity contribution in [2.45, 2.75) is 65.5 Å². The van der Waals surface area contributed by atoms with Crippen LogP contribution < -0.4 is 5.32 Å². The molecule has 0 aliphatic heterocycles. The van der Waals surface area contributed by atoms with Crippen molar-refractivity contribution >= 4 is 0 Å². The van der Waals surface area contributed by atoms with Gasteiger partial charge in [-0.05, 0) is 48.6 Å². The summed E-state index contributed by atoms with van der Waals surface area (Å²) in [5.41, 5.74) is 0.384. The van der Waals surface area contributed by atoms with E-state index >= 15 is 0 Å². The minimum Gasteiger partial charge on any atom is -0.307 e. The molecule has 1 aromatic heterocycles. The SMILES string of the molecule is CCCNC(C)c1nnnn1CC1(C)CCCC1. The fraction of sp³-hybridized carbons (Fsp3) is 0.923. The first-order valence-electron chi connectivity index (χ1n) is 7.14. The smallest absolute Gasteiger partial charge is 0.167 e. The number of rotatable bonds is 6. The number of hydrogen-bond acceptors (Lipinski definition) is 4. The van der Waals surface area contributed by atoms with E-state index in [4.69, 9.17) is 0 Å². The summed E-state index contributed by atoms with van der Waals surface area (Å²) in [5.74, 6) is 0.969. The molecule has 1 aliphatic rings. The van der Waals surface area contributed by atoms with Crippen molar-refractivity contribution in [3.8, 4) is 0 Å². The minimum atomic E-state index is 0.227. The first kappa shape index (κ1) is 13.5. The van der Waals surface area contributed by atoms with Crippen molar-refractivity contribution in [3.63, 3.8) is 0 Å². The lowest BCUT2D eigenvalue weighted by atomic mass is 9.89. The normalized spacial score (nSPS) is 20.2. The van der Waals surface area contributed by atoms with Gasteiger partial charge in [-0.25, -0.2) is 4.68 Å². The highest BCUT2D eigenvalue weighted by molar-refractivity contribution is 4.92. The lowest BCUT2D eigenvalue weighted by Crippen LogP contribution is -2.27. The summed E-state index contributed by atoms with van der Waals surface area (Å²) in [5, 5.41) is 15.6. The number of nitrogens with one attached hydrogen (secondary N) is 1. The molecule has 2 rings (SSSR count). The van der Waals surface area contributed by atoms with E-state index in [9.17, 15) is 0 Å². The Morgan fingerprint density at radius 2 is 2.11 bits per heavy atom. The summed E-state index contributed by atoms with van der Waals surface area (Å²) >= 11 is 0. The zero-order valence-corrected chi connectivity index (χ0v) is 11.8. The molecule has 1 unspecified atom stereocenters. The third-order valence-electron chi connectivity index (χ3n) is 3.99. The maximum Gasteiger partial charge on any atom is 0.167 e. The standard InChI is InChI=1S/C13H25N5/c1-4-9-14-11(2)12-15-16-17-18(12)10-13(3)7-5-6-8-13/h11,14H,4-10H2,1-3H3. The number of nitrogens with zero attached hydrogens (tertiary/aromatic N) is 4. The van der Waals surface area contributed by atoms with Crippen LogP contribution in [0.1, 0.15) is 64.7 Å². The predicted octanol–water partition coefficient (Wildman–Crippen LogP) is 2.31. The number of aromatic nitrogens is 4. The van der Waals surface area contributed by atoms with Gasteiger partial charge in [-0.2, -0.15) is 0 Å². The molecule has 0 spiro atoms. The van der Waals surface area contributed by atoms with Crippen LogP contribution in [0.25, 0.3) is 0 Å². The van der Waals surface area contributed by atoms with Gasteiger partial charge in [0.2, 0.25) is 0 Å². The summed E-state index contributed by atoms with van der Waals surface area (Å²) in [4.78, 5) is 0. The third kappa shape index (κ3) is 3.07.